The number of aliphatic hydroxyl groups excluding tert-OH is 6. The van der Waals surface area contributed by atoms with Crippen LogP contribution < -0.4 is 0 Å². The highest BCUT2D eigenvalue weighted by atomic mass is 16.3. The first-order valence-electron chi connectivity index (χ1n) is 14.2. The van der Waals surface area contributed by atoms with Gasteiger partial charge in [0.2, 0.25) is 0 Å². The van der Waals surface area contributed by atoms with E-state index in [-0.39, 0.29) is 41.3 Å². The standard InChI is InChI=1S/C30H50O6/c1-25(2)13-18-17-7-8-20-26(3)11-10-21(33)27(4,15-31)19(26)9-12-28(20,5)29(17,6)14-22(34)30(18,16-32)24(36)23(25)35/h7,18-24,31-36H,8-16H2,1-6H3/t18-,19+,20-,21+,22-,23+,24+,26+,27-,28-,29-,30+/m1/s1. The maximum atomic E-state index is 11.8. The second kappa shape index (κ2) is 8.02. The molecular formula is C30H50O6. The van der Waals surface area contributed by atoms with Crippen LogP contribution in [0.4, 0.5) is 0 Å². The Bertz CT molecular complexity index is 932. The number of rotatable bonds is 2. The maximum absolute atomic E-state index is 11.8. The number of fused-ring (bicyclic) bond motifs is 7. The van der Waals surface area contributed by atoms with Crippen molar-refractivity contribution in [2.24, 2.45) is 50.2 Å². The van der Waals surface area contributed by atoms with E-state index >= 15 is 0 Å². The van der Waals surface area contributed by atoms with Gasteiger partial charge in [-0.25, -0.2) is 0 Å². The zero-order valence-electron chi connectivity index (χ0n) is 23.2. The highest BCUT2D eigenvalue weighted by molar-refractivity contribution is 5.36. The SMILES string of the molecule is CC1(C)C[C@@H]2C3=CC[C@@H]4[C@@]5(C)CC[C@H](O)[C@](C)(CO)[C@H]5CC[C@@]4(C)[C@]3(C)C[C@@H](O)[C@@]2(CO)[C@@H](O)[C@@H]1O. The molecule has 6 heteroatoms. The molecule has 4 fully saturated rings. The van der Waals surface area contributed by atoms with Gasteiger partial charge in [-0.2, -0.15) is 0 Å². The van der Waals surface area contributed by atoms with E-state index in [1.807, 2.05) is 13.8 Å². The lowest BCUT2D eigenvalue weighted by atomic mass is 9.33. The average molecular weight is 507 g/mol. The Kier molecular flexibility index (Phi) is 6.03. The van der Waals surface area contributed by atoms with Crippen molar-refractivity contribution in [3.05, 3.63) is 11.6 Å². The van der Waals surface area contributed by atoms with E-state index in [9.17, 15) is 30.6 Å². The van der Waals surface area contributed by atoms with Crippen LogP contribution in [0.3, 0.4) is 0 Å². The van der Waals surface area contributed by atoms with E-state index in [2.05, 4.69) is 33.8 Å². The van der Waals surface area contributed by atoms with Gasteiger partial charge in [0, 0.05) is 5.41 Å². The van der Waals surface area contributed by atoms with Gasteiger partial charge in [-0.1, -0.05) is 53.2 Å². The number of hydrogen-bond acceptors (Lipinski definition) is 6. The van der Waals surface area contributed by atoms with Crippen LogP contribution in [0.25, 0.3) is 0 Å². The van der Waals surface area contributed by atoms with Crippen molar-refractivity contribution in [3.63, 3.8) is 0 Å². The second-order valence-corrected chi connectivity index (χ2v) is 15.1. The fourth-order valence-corrected chi connectivity index (χ4v) is 10.9. The van der Waals surface area contributed by atoms with Gasteiger partial charge in [-0.3, -0.25) is 0 Å². The Morgan fingerprint density at radius 2 is 1.44 bits per heavy atom. The molecule has 0 aromatic carbocycles. The molecule has 0 bridgehead atoms. The summed E-state index contributed by atoms with van der Waals surface area (Å²) in [7, 11) is 0. The van der Waals surface area contributed by atoms with Crippen LogP contribution in [0.15, 0.2) is 11.6 Å². The second-order valence-electron chi connectivity index (χ2n) is 15.1. The van der Waals surface area contributed by atoms with Crippen LogP contribution in [-0.4, -0.2) is 68.3 Å². The number of allylic oxidation sites excluding steroid dienone is 2. The fraction of sp³-hybridized carbons (Fsp3) is 0.933. The van der Waals surface area contributed by atoms with Crippen LogP contribution >= 0.6 is 0 Å². The predicted octanol–water partition coefficient (Wildman–Crippen LogP) is 3.03. The minimum atomic E-state index is -1.19. The molecule has 0 radical (unpaired) electrons. The molecule has 0 heterocycles. The summed E-state index contributed by atoms with van der Waals surface area (Å²) in [4.78, 5) is 0. The molecule has 6 N–H and O–H groups in total. The zero-order chi connectivity index (χ0) is 26.7. The molecule has 5 rings (SSSR count). The Labute approximate surface area is 216 Å². The summed E-state index contributed by atoms with van der Waals surface area (Å²) >= 11 is 0. The third-order valence-electron chi connectivity index (χ3n) is 13.5. The first-order chi connectivity index (χ1) is 16.6. The lowest BCUT2D eigenvalue weighted by molar-refractivity contribution is -0.259. The van der Waals surface area contributed by atoms with E-state index in [1.165, 1.54) is 5.57 Å². The molecule has 6 nitrogen and oxygen atoms in total. The molecule has 0 aromatic heterocycles. The molecule has 0 aromatic rings. The lowest BCUT2D eigenvalue weighted by Crippen LogP contribution is -2.71. The predicted molar refractivity (Wildman–Crippen MR) is 138 cm³/mol. The third-order valence-corrected chi connectivity index (χ3v) is 13.5. The van der Waals surface area contributed by atoms with Gasteiger partial charge in [0.15, 0.2) is 0 Å². The van der Waals surface area contributed by atoms with Gasteiger partial charge in [0.05, 0.1) is 43.0 Å². The van der Waals surface area contributed by atoms with Crippen molar-refractivity contribution in [1.82, 2.24) is 0 Å². The van der Waals surface area contributed by atoms with Crippen LogP contribution in [0.2, 0.25) is 0 Å². The monoisotopic (exact) mass is 506 g/mol. The lowest BCUT2D eigenvalue weighted by Gasteiger charge is -2.72. The van der Waals surface area contributed by atoms with Crippen molar-refractivity contribution in [2.45, 2.75) is 111 Å². The molecule has 0 aliphatic heterocycles. The molecule has 36 heavy (non-hydrogen) atoms. The molecule has 206 valence electrons. The van der Waals surface area contributed by atoms with Gasteiger partial charge < -0.3 is 30.6 Å². The summed E-state index contributed by atoms with van der Waals surface area (Å²) < 4.78 is 0. The van der Waals surface area contributed by atoms with E-state index < -0.39 is 40.7 Å². The van der Waals surface area contributed by atoms with E-state index in [0.29, 0.717) is 25.2 Å². The van der Waals surface area contributed by atoms with Crippen molar-refractivity contribution >= 4 is 0 Å². The normalized spacial score (nSPS) is 58.1. The van der Waals surface area contributed by atoms with E-state index in [1.54, 1.807) is 0 Å². The fourth-order valence-electron chi connectivity index (χ4n) is 10.9. The molecule has 0 saturated heterocycles. The Morgan fingerprint density at radius 3 is 2.06 bits per heavy atom. The highest BCUT2D eigenvalue weighted by Gasteiger charge is 2.72. The molecule has 0 amide bonds. The zero-order valence-corrected chi connectivity index (χ0v) is 23.2. The summed E-state index contributed by atoms with van der Waals surface area (Å²) in [6.45, 7) is 12.7. The minimum Gasteiger partial charge on any atom is -0.396 e. The molecule has 12 atom stereocenters. The van der Waals surface area contributed by atoms with Gasteiger partial charge in [-0.05, 0) is 84.4 Å². The Hall–Kier alpha value is -0.500. The van der Waals surface area contributed by atoms with Crippen molar-refractivity contribution < 1.29 is 30.6 Å². The Balaban J connectivity index is 1.63. The van der Waals surface area contributed by atoms with Gasteiger partial charge in [-0.15, -0.1) is 0 Å². The van der Waals surface area contributed by atoms with Crippen LogP contribution in [0.1, 0.15) is 86.5 Å². The first kappa shape index (κ1) is 27.1. The average Bonchev–Trinajstić information content (AvgIpc) is 2.81. The van der Waals surface area contributed by atoms with E-state index in [0.717, 1.165) is 25.7 Å². The van der Waals surface area contributed by atoms with Gasteiger partial charge >= 0.3 is 0 Å². The van der Waals surface area contributed by atoms with Crippen molar-refractivity contribution in [2.75, 3.05) is 13.2 Å². The van der Waals surface area contributed by atoms with Crippen LogP contribution in [0.5, 0.6) is 0 Å². The molecule has 0 unspecified atom stereocenters. The number of aliphatic hydroxyl groups is 6. The smallest absolute Gasteiger partial charge is 0.0913 e. The first-order valence-corrected chi connectivity index (χ1v) is 14.2. The number of hydrogen-bond donors (Lipinski definition) is 6. The summed E-state index contributed by atoms with van der Waals surface area (Å²) in [5.41, 5.74) is -1.40. The largest absolute Gasteiger partial charge is 0.396 e. The van der Waals surface area contributed by atoms with Crippen molar-refractivity contribution in [3.8, 4) is 0 Å². The third kappa shape index (κ3) is 2.95. The molecule has 5 aliphatic carbocycles. The van der Waals surface area contributed by atoms with Crippen LogP contribution in [0, 0.1) is 50.2 Å². The topological polar surface area (TPSA) is 121 Å². The highest BCUT2D eigenvalue weighted by Crippen LogP contribution is 2.75. The maximum Gasteiger partial charge on any atom is 0.0913 e. The van der Waals surface area contributed by atoms with Gasteiger partial charge in [0.1, 0.15) is 0 Å². The summed E-state index contributed by atoms with van der Waals surface area (Å²) in [5.74, 6) is 0.367. The van der Waals surface area contributed by atoms with E-state index in [4.69, 9.17) is 0 Å². The molecule has 0 spiro atoms. The Morgan fingerprint density at radius 1 is 0.778 bits per heavy atom. The summed E-state index contributed by atoms with van der Waals surface area (Å²) in [5, 5.41) is 66.1. The van der Waals surface area contributed by atoms with Crippen LogP contribution in [-0.2, 0) is 0 Å². The van der Waals surface area contributed by atoms with Gasteiger partial charge in [0.25, 0.3) is 0 Å². The molecule has 5 aliphatic rings. The summed E-state index contributed by atoms with van der Waals surface area (Å²) in [6, 6.07) is 0. The molecule has 4 saturated carbocycles. The van der Waals surface area contributed by atoms with Crippen molar-refractivity contribution in [1.29, 1.82) is 0 Å². The molecular weight excluding hydrogens is 456 g/mol. The quantitative estimate of drug-likeness (QED) is 0.320. The minimum absolute atomic E-state index is 0.00861. The summed E-state index contributed by atoms with van der Waals surface area (Å²) in [6.07, 6.45) is 4.21.